The summed E-state index contributed by atoms with van der Waals surface area (Å²) in [5.41, 5.74) is 6.67. The van der Waals surface area contributed by atoms with Crippen LogP contribution in [0.2, 0.25) is 0 Å². The second-order valence-electron chi connectivity index (χ2n) is 5.46. The van der Waals surface area contributed by atoms with Crippen LogP contribution in [0.1, 0.15) is 6.42 Å². The van der Waals surface area contributed by atoms with Crippen molar-refractivity contribution in [3.05, 3.63) is 22.7 Å². The van der Waals surface area contributed by atoms with Crippen molar-refractivity contribution in [1.29, 1.82) is 0 Å². The molecule has 1 spiro atoms. The fourth-order valence-corrected chi connectivity index (χ4v) is 3.22. The van der Waals surface area contributed by atoms with E-state index >= 15 is 0 Å². The zero-order valence-electron chi connectivity index (χ0n) is 12.1. The van der Waals surface area contributed by atoms with Crippen molar-refractivity contribution >= 4 is 39.3 Å². The van der Waals surface area contributed by atoms with Crippen molar-refractivity contribution in [2.24, 2.45) is 0 Å². The minimum Gasteiger partial charge on any atom is -0.465 e. The van der Waals surface area contributed by atoms with E-state index in [1.54, 1.807) is 18.2 Å². The Hall–Kier alpha value is -1.84. The Balaban J connectivity index is 1.78. The van der Waals surface area contributed by atoms with Gasteiger partial charge in [0.05, 0.1) is 31.1 Å². The lowest BCUT2D eigenvalue weighted by Crippen LogP contribution is -2.42. The van der Waals surface area contributed by atoms with E-state index in [-0.39, 0.29) is 13.0 Å². The second-order valence-corrected chi connectivity index (χ2v) is 6.37. The maximum absolute atomic E-state index is 12.5. The van der Waals surface area contributed by atoms with Gasteiger partial charge in [0.25, 0.3) is 0 Å². The predicted molar refractivity (Wildman–Crippen MR) is 85.0 cm³/mol. The van der Waals surface area contributed by atoms with E-state index in [2.05, 4.69) is 21.2 Å². The number of hydrogen-bond acceptors (Lipinski definition) is 5. The molecule has 2 saturated heterocycles. The SMILES string of the molecule is Nc1cc(Br)ccc1NC(=O)C1CC2(CN1C(=O)O)OCCO2. The van der Waals surface area contributed by atoms with Gasteiger partial charge in [0.15, 0.2) is 5.79 Å². The van der Waals surface area contributed by atoms with Crippen LogP contribution in [0.3, 0.4) is 0 Å². The molecule has 0 bridgehead atoms. The summed E-state index contributed by atoms with van der Waals surface area (Å²) in [7, 11) is 0. The zero-order valence-corrected chi connectivity index (χ0v) is 13.7. The van der Waals surface area contributed by atoms with Gasteiger partial charge in [0.2, 0.25) is 5.91 Å². The highest BCUT2D eigenvalue weighted by molar-refractivity contribution is 9.10. The molecule has 1 unspecified atom stereocenters. The van der Waals surface area contributed by atoms with E-state index in [0.717, 1.165) is 9.37 Å². The highest BCUT2D eigenvalue weighted by Crippen LogP contribution is 2.35. The predicted octanol–water partition coefficient (Wildman–Crippen LogP) is 1.47. The molecule has 0 saturated carbocycles. The number of carbonyl (C=O) groups excluding carboxylic acids is 1. The minimum absolute atomic E-state index is 0.0102. The first-order valence-electron chi connectivity index (χ1n) is 7.04. The minimum atomic E-state index is -1.19. The number of carboxylic acid groups (broad SMARTS) is 1. The van der Waals surface area contributed by atoms with Crippen LogP contribution in [-0.4, -0.2) is 53.6 Å². The number of anilines is 2. The summed E-state index contributed by atoms with van der Waals surface area (Å²) in [4.78, 5) is 25.0. The first-order valence-corrected chi connectivity index (χ1v) is 7.83. The summed E-state index contributed by atoms with van der Waals surface area (Å²) >= 11 is 3.29. The Morgan fingerprint density at radius 1 is 1.39 bits per heavy atom. The summed E-state index contributed by atoms with van der Waals surface area (Å²) in [6.45, 7) is 0.791. The van der Waals surface area contributed by atoms with E-state index < -0.39 is 23.8 Å². The fourth-order valence-electron chi connectivity index (χ4n) is 2.84. The average Bonchev–Trinajstić information content (AvgIpc) is 3.10. The number of benzene rings is 1. The summed E-state index contributed by atoms with van der Waals surface area (Å²) < 4.78 is 11.8. The van der Waals surface area contributed by atoms with Gasteiger partial charge in [-0.05, 0) is 18.2 Å². The quantitative estimate of drug-likeness (QED) is 0.664. The van der Waals surface area contributed by atoms with Crippen molar-refractivity contribution in [3.8, 4) is 0 Å². The molecule has 2 aliphatic heterocycles. The molecule has 8 nitrogen and oxygen atoms in total. The van der Waals surface area contributed by atoms with Crippen molar-refractivity contribution in [1.82, 2.24) is 4.90 Å². The lowest BCUT2D eigenvalue weighted by atomic mass is 10.1. The van der Waals surface area contributed by atoms with E-state index in [1.165, 1.54) is 0 Å². The third-order valence-electron chi connectivity index (χ3n) is 3.93. The van der Waals surface area contributed by atoms with E-state index in [0.29, 0.717) is 24.6 Å². The Kier molecular flexibility index (Phi) is 4.17. The van der Waals surface area contributed by atoms with Crippen molar-refractivity contribution in [2.75, 3.05) is 30.8 Å². The molecule has 2 fully saturated rings. The zero-order chi connectivity index (χ0) is 16.6. The largest absolute Gasteiger partial charge is 0.465 e. The number of amides is 2. The van der Waals surface area contributed by atoms with E-state index in [4.69, 9.17) is 15.2 Å². The summed E-state index contributed by atoms with van der Waals surface area (Å²) in [5.74, 6) is -1.48. The van der Waals surface area contributed by atoms with Crippen molar-refractivity contribution in [3.63, 3.8) is 0 Å². The number of ether oxygens (including phenoxy) is 2. The monoisotopic (exact) mass is 385 g/mol. The molecule has 1 aromatic rings. The molecule has 1 aromatic carbocycles. The third kappa shape index (κ3) is 3.12. The van der Waals surface area contributed by atoms with Crippen molar-refractivity contribution in [2.45, 2.75) is 18.2 Å². The average molecular weight is 386 g/mol. The molecule has 2 amide bonds. The molecule has 0 aliphatic carbocycles. The van der Waals surface area contributed by atoms with Gasteiger partial charge < -0.3 is 25.6 Å². The summed E-state index contributed by atoms with van der Waals surface area (Å²) in [5, 5.41) is 12.0. The molecule has 124 valence electrons. The standard InChI is InChI=1S/C14H16BrN3O5/c15-8-1-2-10(9(16)5-8)17-12(19)11-6-14(22-3-4-23-14)7-18(11)13(20)21/h1-2,5,11H,3-4,6-7,16H2,(H,17,19)(H,20,21). The van der Waals surface area contributed by atoms with E-state index in [1.807, 2.05) is 0 Å². The molecule has 2 heterocycles. The van der Waals surface area contributed by atoms with Gasteiger partial charge in [0.1, 0.15) is 6.04 Å². The van der Waals surface area contributed by atoms with Gasteiger partial charge in [0, 0.05) is 10.9 Å². The molecule has 0 radical (unpaired) electrons. The van der Waals surface area contributed by atoms with Crippen LogP contribution in [0, 0.1) is 0 Å². The molecule has 9 heteroatoms. The van der Waals surface area contributed by atoms with Gasteiger partial charge in [-0.3, -0.25) is 9.69 Å². The van der Waals surface area contributed by atoms with Crippen LogP contribution in [0.5, 0.6) is 0 Å². The number of halogens is 1. The molecule has 1 atom stereocenters. The normalized spacial score (nSPS) is 22.5. The molecule has 0 aromatic heterocycles. The topological polar surface area (TPSA) is 114 Å². The van der Waals surface area contributed by atoms with Gasteiger partial charge >= 0.3 is 6.09 Å². The second kappa shape index (κ2) is 5.99. The maximum atomic E-state index is 12.5. The number of hydrogen-bond donors (Lipinski definition) is 3. The van der Waals surface area contributed by atoms with Crippen LogP contribution < -0.4 is 11.1 Å². The number of likely N-dealkylation sites (tertiary alicyclic amines) is 1. The molecule has 4 N–H and O–H groups in total. The molecule has 23 heavy (non-hydrogen) atoms. The lowest BCUT2D eigenvalue weighted by Gasteiger charge is -2.21. The van der Waals surface area contributed by atoms with Crippen LogP contribution in [0.4, 0.5) is 16.2 Å². The Labute approximate surface area is 140 Å². The van der Waals surface area contributed by atoms with Crippen LogP contribution >= 0.6 is 15.9 Å². The van der Waals surface area contributed by atoms with Gasteiger partial charge in [-0.15, -0.1) is 0 Å². The summed E-state index contributed by atoms with van der Waals surface area (Å²) in [6.07, 6.45) is -1.04. The third-order valence-corrected chi connectivity index (χ3v) is 4.42. The molecule has 2 aliphatic rings. The number of nitrogens with one attached hydrogen (secondary N) is 1. The maximum Gasteiger partial charge on any atom is 0.408 e. The van der Waals surface area contributed by atoms with Crippen molar-refractivity contribution < 1.29 is 24.2 Å². The smallest absolute Gasteiger partial charge is 0.408 e. The van der Waals surface area contributed by atoms with Gasteiger partial charge in [-0.2, -0.15) is 0 Å². The number of nitrogen functional groups attached to an aromatic ring is 1. The molecular weight excluding hydrogens is 370 g/mol. The molecular formula is C14H16BrN3O5. The Morgan fingerprint density at radius 3 is 2.70 bits per heavy atom. The highest BCUT2D eigenvalue weighted by atomic mass is 79.9. The Bertz CT molecular complexity index is 647. The van der Waals surface area contributed by atoms with Crippen LogP contribution in [0.15, 0.2) is 22.7 Å². The fraction of sp³-hybridized carbons (Fsp3) is 0.429. The number of rotatable bonds is 2. The van der Waals surface area contributed by atoms with Crippen LogP contribution in [-0.2, 0) is 14.3 Å². The van der Waals surface area contributed by atoms with Gasteiger partial charge in [-0.1, -0.05) is 15.9 Å². The Morgan fingerprint density at radius 2 is 2.09 bits per heavy atom. The first kappa shape index (κ1) is 16.0. The van der Waals surface area contributed by atoms with Crippen LogP contribution in [0.25, 0.3) is 0 Å². The molecule has 3 rings (SSSR count). The van der Waals surface area contributed by atoms with Gasteiger partial charge in [-0.25, -0.2) is 4.79 Å². The number of nitrogens with zero attached hydrogens (tertiary/aromatic N) is 1. The number of nitrogens with two attached hydrogens (primary N) is 1. The summed E-state index contributed by atoms with van der Waals surface area (Å²) in [6, 6.07) is 4.15. The van der Waals surface area contributed by atoms with E-state index in [9.17, 15) is 14.7 Å². The first-order chi connectivity index (χ1) is 10.9. The lowest BCUT2D eigenvalue weighted by molar-refractivity contribution is -0.145. The highest BCUT2D eigenvalue weighted by Gasteiger charge is 2.52. The number of carbonyl (C=O) groups is 2.